The van der Waals surface area contributed by atoms with Gasteiger partial charge < -0.3 is 28.4 Å². The molecule has 0 unspecified atom stereocenters. The van der Waals surface area contributed by atoms with E-state index in [1.165, 1.54) is 23.7 Å². The average molecular weight is 1280 g/mol. The van der Waals surface area contributed by atoms with E-state index in [0.29, 0.717) is 73.9 Å². The van der Waals surface area contributed by atoms with Gasteiger partial charge in [0, 0.05) is 54.1 Å². The molecule has 0 spiro atoms. The number of alkyl halides is 3. The molecule has 6 heterocycles. The molecule has 4 aromatic carbocycles. The lowest BCUT2D eigenvalue weighted by atomic mass is 9.99. The number of anilines is 5. The zero-order chi connectivity index (χ0) is 55.0. The summed E-state index contributed by atoms with van der Waals surface area (Å²) < 4.78 is 42.6. The van der Waals surface area contributed by atoms with E-state index >= 15 is 0 Å². The van der Waals surface area contributed by atoms with Crippen molar-refractivity contribution in [1.82, 2.24) is 54.5 Å². The molecule has 388 valence electrons. The number of pyridine rings is 1. The molecule has 0 bridgehead atoms. The van der Waals surface area contributed by atoms with Crippen LogP contribution < -0.4 is 34.2 Å². The molecular weight excluding hydrogens is 1240 g/mol. The number of nitrogen functional groups attached to an aromatic ring is 5. The highest BCUT2D eigenvalue weighted by molar-refractivity contribution is 9.11. The molecule has 0 fully saturated rings. The second-order valence-electron chi connectivity index (χ2n) is 15.3. The van der Waals surface area contributed by atoms with Crippen LogP contribution in [0, 0.1) is 6.92 Å². The van der Waals surface area contributed by atoms with Gasteiger partial charge in [0.2, 0.25) is 23.8 Å². The molecule has 10 rings (SSSR count). The van der Waals surface area contributed by atoms with Crippen molar-refractivity contribution in [2.45, 2.75) is 13.1 Å². The molecule has 0 radical (unpaired) electrons. The summed E-state index contributed by atoms with van der Waals surface area (Å²) in [4.78, 5) is 31.9. The zero-order valence-electron chi connectivity index (χ0n) is 38.5. The monoisotopic (exact) mass is 1270 g/mol. The highest BCUT2D eigenvalue weighted by atomic mass is 79.9. The quantitative estimate of drug-likeness (QED) is 0.0513. The number of fused-ring (bicyclic) bond motifs is 1. The average Bonchev–Trinajstić information content (AvgIpc) is 3.89. The van der Waals surface area contributed by atoms with Crippen molar-refractivity contribution in [2.75, 3.05) is 28.4 Å². The third kappa shape index (κ3) is 14.4. The lowest BCUT2D eigenvalue weighted by molar-refractivity contribution is -0.141. The largest absolute Gasteiger partial charge is 0.433 e. The minimum Gasteiger partial charge on any atom is -0.369 e. The van der Waals surface area contributed by atoms with Gasteiger partial charge in [0.25, 0.3) is 0 Å². The molecule has 76 heavy (non-hydrogen) atoms. The zero-order valence-corrected chi connectivity index (χ0v) is 46.2. The van der Waals surface area contributed by atoms with Crippen LogP contribution in [0.1, 0.15) is 11.4 Å². The van der Waals surface area contributed by atoms with E-state index in [0.717, 1.165) is 22.8 Å². The van der Waals surface area contributed by atoms with Gasteiger partial charge in [-0.1, -0.05) is 118 Å². The van der Waals surface area contributed by atoms with Crippen LogP contribution in [-0.2, 0) is 6.18 Å². The number of rotatable bonds is 6. The van der Waals surface area contributed by atoms with Crippen molar-refractivity contribution < 1.29 is 13.2 Å². The number of benzene rings is 4. The molecule has 0 aliphatic heterocycles. The summed E-state index contributed by atoms with van der Waals surface area (Å²) in [5.74, 6) is 6.32. The van der Waals surface area contributed by atoms with Crippen LogP contribution in [-0.4, -0.2) is 54.5 Å². The van der Waals surface area contributed by atoms with Crippen molar-refractivity contribution in [3.05, 3.63) is 172 Å². The predicted octanol–water partition coefficient (Wildman–Crippen LogP) is 13.7. The Kier molecular flexibility index (Phi) is 18.7. The van der Waals surface area contributed by atoms with Crippen LogP contribution in [0.2, 0.25) is 30.4 Å². The SMILES string of the molecule is Cc1cc(-c2c(-c3ccc(Cl)cc3)nc(N)n3cnnc23)cc(C(F)(F)F)n1.NNc1nc(N)nc(-c2ccc(Cl)cc2)c1Br.Nc1nc(Cl)c(Br)c(-c2ccc(Cl)cc2)n1.Nc1nc(Cl)cc(-c2ccc(Cl)cc2)n1. The molecule has 28 heteroatoms. The molecule has 10 aromatic rings. The number of aryl methyl sites for hydroxylation is 1. The topological polar surface area (TPSA) is 275 Å². The molecule has 11 N–H and O–H groups in total. The fraction of sp³-hybridized carbons (Fsp3) is 0.0417. The van der Waals surface area contributed by atoms with Gasteiger partial charge in [0.1, 0.15) is 22.3 Å². The van der Waals surface area contributed by atoms with Gasteiger partial charge in [-0.25, -0.2) is 40.7 Å². The molecule has 0 saturated heterocycles. The third-order valence-electron chi connectivity index (χ3n) is 10.1. The van der Waals surface area contributed by atoms with E-state index in [9.17, 15) is 13.2 Å². The fourth-order valence-electron chi connectivity index (χ4n) is 6.74. The second kappa shape index (κ2) is 25.0. The smallest absolute Gasteiger partial charge is 0.369 e. The molecular formula is C48H34Br2Cl6F3N17. The summed E-state index contributed by atoms with van der Waals surface area (Å²) in [5, 5.41) is 11.0. The second-order valence-corrected chi connectivity index (χ2v) is 19.4. The minimum absolute atomic E-state index is 0.107. The van der Waals surface area contributed by atoms with Crippen LogP contribution >= 0.6 is 101 Å². The summed E-state index contributed by atoms with van der Waals surface area (Å²) in [5.41, 5.74) is 30.8. The van der Waals surface area contributed by atoms with Gasteiger partial charge in [-0.3, -0.25) is 4.40 Å². The first-order valence-corrected chi connectivity index (χ1v) is 25.1. The third-order valence-corrected chi connectivity index (χ3v) is 13.3. The summed E-state index contributed by atoms with van der Waals surface area (Å²) in [6, 6.07) is 32.6. The maximum absolute atomic E-state index is 13.3. The molecule has 0 aliphatic rings. The predicted molar refractivity (Wildman–Crippen MR) is 303 cm³/mol. The lowest BCUT2D eigenvalue weighted by Gasteiger charge is -2.14. The van der Waals surface area contributed by atoms with Gasteiger partial charge in [0.15, 0.2) is 11.5 Å². The number of hydrogen-bond donors (Lipinski definition) is 6. The standard InChI is InChI=1S/C18H12ClF3N6.C10H6BrCl2N3.C10H9BrClN5.C10H7Cl2N3/c1-9-6-11(7-13(25-9)18(20,21)22)14-15(10-2-4-12(19)5-3-10)26-17(23)28-8-24-27-16(14)28;11-7-8(15-10(14)16-9(7)13)5-1-3-6(12)4-2-5;11-7-8(5-1-3-6(12)4-2-5)15-10(13)16-9(7)17-14;11-7-3-1-6(2-4-7)8-5-9(12)15-10(13)14-8/h2-8H,1H3,(H2,23,26);1-4H,(H2,14,15,16);1-4H,14H2,(H3,13,15,16,17);1-5H,(H2,13,14,15). The summed E-state index contributed by atoms with van der Waals surface area (Å²) in [7, 11) is 0. The first-order chi connectivity index (χ1) is 36.1. The van der Waals surface area contributed by atoms with Crippen LogP contribution in [0.3, 0.4) is 0 Å². The van der Waals surface area contributed by atoms with E-state index in [2.05, 4.69) is 87.4 Å². The summed E-state index contributed by atoms with van der Waals surface area (Å²) >= 11 is 41.7. The van der Waals surface area contributed by atoms with Crippen molar-refractivity contribution >= 4 is 137 Å². The molecule has 0 amide bonds. The number of nitrogens with two attached hydrogens (primary N) is 5. The number of hydrogen-bond acceptors (Lipinski definition) is 16. The summed E-state index contributed by atoms with van der Waals surface area (Å²) in [6.45, 7) is 1.49. The first kappa shape index (κ1) is 57.0. The Balaban J connectivity index is 0.000000153. The van der Waals surface area contributed by atoms with E-state index in [4.69, 9.17) is 98.4 Å². The van der Waals surface area contributed by atoms with Crippen molar-refractivity contribution in [1.29, 1.82) is 0 Å². The van der Waals surface area contributed by atoms with Crippen LogP contribution in [0.15, 0.2) is 131 Å². The van der Waals surface area contributed by atoms with Crippen LogP contribution in [0.25, 0.3) is 61.8 Å². The number of nitrogens with one attached hydrogen (secondary N) is 1. The van der Waals surface area contributed by atoms with Crippen molar-refractivity contribution in [3.63, 3.8) is 0 Å². The number of hydrazine groups is 1. The summed E-state index contributed by atoms with van der Waals surface area (Å²) in [6.07, 6.45) is -3.24. The lowest BCUT2D eigenvalue weighted by Crippen LogP contribution is -2.11. The fourth-order valence-corrected chi connectivity index (χ4v) is 8.54. The van der Waals surface area contributed by atoms with E-state index in [1.54, 1.807) is 66.7 Å². The highest BCUT2D eigenvalue weighted by Crippen LogP contribution is 2.39. The Morgan fingerprint density at radius 3 is 1.50 bits per heavy atom. The van der Waals surface area contributed by atoms with E-state index < -0.39 is 11.9 Å². The van der Waals surface area contributed by atoms with Gasteiger partial charge in [-0.05, 0) is 105 Å². The van der Waals surface area contributed by atoms with Crippen molar-refractivity contribution in [3.8, 4) is 56.2 Å². The normalized spacial score (nSPS) is 10.9. The Bertz CT molecular complexity index is 3660. The number of aromatic nitrogens is 11. The molecule has 0 atom stereocenters. The number of nitrogens with zero attached hydrogens (tertiary/aromatic N) is 11. The Hall–Kier alpha value is -6.73. The molecule has 17 nitrogen and oxygen atoms in total. The Morgan fingerprint density at radius 1 is 0.526 bits per heavy atom. The van der Waals surface area contributed by atoms with Gasteiger partial charge in [-0.2, -0.15) is 18.2 Å². The first-order valence-electron chi connectivity index (χ1n) is 21.3. The van der Waals surface area contributed by atoms with E-state index in [1.807, 2.05) is 36.4 Å². The van der Waals surface area contributed by atoms with Crippen molar-refractivity contribution in [2.24, 2.45) is 5.84 Å². The van der Waals surface area contributed by atoms with Crippen LogP contribution in [0.5, 0.6) is 0 Å². The minimum atomic E-state index is -4.59. The maximum atomic E-state index is 13.3. The highest BCUT2D eigenvalue weighted by Gasteiger charge is 2.34. The Morgan fingerprint density at radius 2 is 1.00 bits per heavy atom. The van der Waals surface area contributed by atoms with Gasteiger partial charge in [-0.15, -0.1) is 10.2 Å². The van der Waals surface area contributed by atoms with Gasteiger partial charge >= 0.3 is 6.18 Å². The molecule has 0 saturated carbocycles. The van der Waals surface area contributed by atoms with Crippen LogP contribution in [0.4, 0.5) is 42.8 Å². The van der Waals surface area contributed by atoms with Gasteiger partial charge in [0.05, 0.1) is 37.3 Å². The number of halogens is 11. The molecule has 0 aliphatic carbocycles. The molecule has 6 aromatic heterocycles. The maximum Gasteiger partial charge on any atom is 0.433 e. The van der Waals surface area contributed by atoms with E-state index in [-0.39, 0.29) is 45.9 Å². The Labute approximate surface area is 476 Å².